The topological polar surface area (TPSA) is 80.6 Å². The van der Waals surface area contributed by atoms with Crippen molar-refractivity contribution >= 4 is 45.5 Å². The molecule has 0 aliphatic carbocycles. The van der Waals surface area contributed by atoms with Crippen LogP contribution in [0.15, 0.2) is 116 Å². The van der Waals surface area contributed by atoms with Gasteiger partial charge in [-0.15, -0.1) is 0 Å². The van der Waals surface area contributed by atoms with Crippen LogP contribution in [-0.4, -0.2) is 26.2 Å². The number of hydrogen-bond donors (Lipinski definition) is 0. The summed E-state index contributed by atoms with van der Waals surface area (Å²) in [7, 11) is 0. The Morgan fingerprint density at radius 3 is 0.976 bits per heavy atom. The SMILES string of the molecule is CCN(CC)c1cccc(N=Nc2ccc(N=Nc3ccc(N=Nc4cccc(N(CC)CC)c4C)cc3)cc2)c1C. The van der Waals surface area contributed by atoms with Crippen molar-refractivity contribution in [3.8, 4) is 0 Å². The number of hydrogen-bond acceptors (Lipinski definition) is 8. The lowest BCUT2D eigenvalue weighted by molar-refractivity contribution is 0.861. The molecule has 0 aromatic heterocycles. The molecule has 0 atom stereocenters. The van der Waals surface area contributed by atoms with Crippen LogP contribution in [0.2, 0.25) is 0 Å². The van der Waals surface area contributed by atoms with Crippen LogP contribution in [0.4, 0.5) is 45.5 Å². The fourth-order valence-electron chi connectivity index (χ4n) is 4.76. The van der Waals surface area contributed by atoms with Crippen molar-refractivity contribution in [1.82, 2.24) is 0 Å². The van der Waals surface area contributed by atoms with Gasteiger partial charge in [0.2, 0.25) is 0 Å². The van der Waals surface area contributed by atoms with Crippen LogP contribution in [-0.2, 0) is 0 Å². The van der Waals surface area contributed by atoms with Crippen LogP contribution in [0.25, 0.3) is 0 Å². The monoisotopic (exact) mass is 560 g/mol. The summed E-state index contributed by atoms with van der Waals surface area (Å²) in [4.78, 5) is 4.64. The highest BCUT2D eigenvalue weighted by molar-refractivity contribution is 5.65. The fourth-order valence-corrected chi connectivity index (χ4v) is 4.76. The first-order valence-electron chi connectivity index (χ1n) is 14.6. The van der Waals surface area contributed by atoms with Crippen LogP contribution in [0, 0.1) is 13.8 Å². The fraction of sp³-hybridized carbons (Fsp3) is 0.294. The Labute approximate surface area is 249 Å². The Balaban J connectivity index is 1.38. The first-order valence-corrected chi connectivity index (χ1v) is 14.6. The Bertz CT molecular complexity index is 1410. The number of nitrogens with zero attached hydrogens (tertiary/aromatic N) is 8. The molecule has 0 radical (unpaired) electrons. The lowest BCUT2D eigenvalue weighted by Crippen LogP contribution is -2.22. The average Bonchev–Trinajstić information content (AvgIpc) is 3.02. The van der Waals surface area contributed by atoms with Gasteiger partial charge in [-0.2, -0.15) is 30.7 Å². The summed E-state index contributed by atoms with van der Waals surface area (Å²) in [6.45, 7) is 16.6. The molecule has 4 aromatic carbocycles. The molecule has 0 saturated carbocycles. The summed E-state index contributed by atoms with van der Waals surface area (Å²) < 4.78 is 0. The summed E-state index contributed by atoms with van der Waals surface area (Å²) in [6.07, 6.45) is 0. The van der Waals surface area contributed by atoms with E-state index in [9.17, 15) is 0 Å². The van der Waals surface area contributed by atoms with Gasteiger partial charge in [0.15, 0.2) is 0 Å². The lowest BCUT2D eigenvalue weighted by Gasteiger charge is -2.23. The van der Waals surface area contributed by atoms with Gasteiger partial charge in [0, 0.05) is 37.6 Å². The summed E-state index contributed by atoms with van der Waals surface area (Å²) >= 11 is 0. The Kier molecular flexibility index (Phi) is 10.6. The van der Waals surface area contributed by atoms with Gasteiger partial charge >= 0.3 is 0 Å². The van der Waals surface area contributed by atoms with Crippen molar-refractivity contribution in [2.24, 2.45) is 30.7 Å². The minimum absolute atomic E-state index is 0.737. The Morgan fingerprint density at radius 2 is 0.690 bits per heavy atom. The Hall–Kier alpha value is -4.72. The smallest absolute Gasteiger partial charge is 0.0906 e. The predicted octanol–water partition coefficient (Wildman–Crippen LogP) is 11.2. The normalized spacial score (nSPS) is 11.7. The quantitative estimate of drug-likeness (QED) is 0.161. The highest BCUT2D eigenvalue weighted by atomic mass is 15.1. The second kappa shape index (κ2) is 14.8. The molecule has 0 aliphatic rings. The standard InChI is InChI=1S/C34H40N8/c1-7-41(8-2)33-15-11-13-31(25(33)5)39-37-29-21-17-27(18-22-29)35-36-28-19-23-30(24-20-28)38-40-32-14-12-16-34(26(32)6)42(9-3)10-4/h11-24H,7-10H2,1-6H3. The minimum atomic E-state index is 0.737. The maximum Gasteiger partial charge on any atom is 0.0906 e. The number of anilines is 2. The zero-order chi connectivity index (χ0) is 29.9. The zero-order valence-electron chi connectivity index (χ0n) is 25.5. The van der Waals surface area contributed by atoms with Gasteiger partial charge in [-0.1, -0.05) is 12.1 Å². The van der Waals surface area contributed by atoms with Gasteiger partial charge in [0.05, 0.1) is 34.1 Å². The second-order valence-corrected chi connectivity index (χ2v) is 9.82. The van der Waals surface area contributed by atoms with Crippen molar-refractivity contribution < 1.29 is 0 Å². The molecule has 0 bridgehead atoms. The van der Waals surface area contributed by atoms with Gasteiger partial charge in [0.25, 0.3) is 0 Å². The van der Waals surface area contributed by atoms with Gasteiger partial charge in [-0.05, 0) is 125 Å². The Morgan fingerprint density at radius 1 is 0.405 bits per heavy atom. The molecule has 0 saturated heterocycles. The van der Waals surface area contributed by atoms with Crippen LogP contribution < -0.4 is 9.80 Å². The van der Waals surface area contributed by atoms with E-state index < -0.39 is 0 Å². The third-order valence-electron chi connectivity index (χ3n) is 7.29. The van der Waals surface area contributed by atoms with Crippen LogP contribution in [0.3, 0.4) is 0 Å². The maximum atomic E-state index is 4.50. The first-order chi connectivity index (χ1) is 20.5. The summed E-state index contributed by atoms with van der Waals surface area (Å²) in [5, 5.41) is 26.6. The predicted molar refractivity (Wildman–Crippen MR) is 175 cm³/mol. The molecular weight excluding hydrogens is 520 g/mol. The maximum absolute atomic E-state index is 4.50. The number of rotatable bonds is 12. The summed E-state index contributed by atoms with van der Waals surface area (Å²) in [5.41, 5.74) is 9.37. The van der Waals surface area contributed by atoms with E-state index in [1.165, 1.54) is 11.4 Å². The molecule has 4 aromatic rings. The molecule has 0 heterocycles. The molecule has 0 unspecified atom stereocenters. The van der Waals surface area contributed by atoms with E-state index in [1.807, 2.05) is 72.8 Å². The molecule has 42 heavy (non-hydrogen) atoms. The summed E-state index contributed by atoms with van der Waals surface area (Å²) in [6, 6.07) is 27.4. The molecule has 0 amide bonds. The second-order valence-electron chi connectivity index (χ2n) is 9.82. The first kappa shape index (κ1) is 30.2. The zero-order valence-corrected chi connectivity index (χ0v) is 25.5. The van der Waals surface area contributed by atoms with Crippen LogP contribution in [0.5, 0.6) is 0 Å². The van der Waals surface area contributed by atoms with Gasteiger partial charge in [-0.3, -0.25) is 0 Å². The third kappa shape index (κ3) is 7.51. The molecular formula is C34H40N8. The van der Waals surface area contributed by atoms with E-state index in [1.54, 1.807) is 0 Å². The highest BCUT2D eigenvalue weighted by Gasteiger charge is 2.09. The van der Waals surface area contributed by atoms with E-state index in [2.05, 4.69) is 94.2 Å². The molecule has 4 rings (SSSR count). The van der Waals surface area contributed by atoms with E-state index >= 15 is 0 Å². The van der Waals surface area contributed by atoms with Gasteiger partial charge < -0.3 is 9.80 Å². The van der Waals surface area contributed by atoms with Gasteiger partial charge in [-0.25, -0.2) is 0 Å². The third-order valence-corrected chi connectivity index (χ3v) is 7.29. The van der Waals surface area contributed by atoms with E-state index in [4.69, 9.17) is 0 Å². The molecule has 0 spiro atoms. The minimum Gasteiger partial charge on any atom is -0.372 e. The molecule has 216 valence electrons. The van der Waals surface area contributed by atoms with Crippen molar-refractivity contribution in [1.29, 1.82) is 0 Å². The molecule has 8 heteroatoms. The van der Waals surface area contributed by atoms with E-state index in [0.29, 0.717) is 0 Å². The van der Waals surface area contributed by atoms with E-state index in [-0.39, 0.29) is 0 Å². The van der Waals surface area contributed by atoms with Crippen molar-refractivity contribution in [3.05, 3.63) is 96.1 Å². The number of azo groups is 3. The average molecular weight is 561 g/mol. The van der Waals surface area contributed by atoms with Gasteiger partial charge in [0.1, 0.15) is 0 Å². The molecule has 0 fully saturated rings. The highest BCUT2D eigenvalue weighted by Crippen LogP contribution is 2.32. The van der Waals surface area contributed by atoms with E-state index in [0.717, 1.165) is 71.4 Å². The lowest BCUT2D eigenvalue weighted by atomic mass is 10.1. The molecule has 0 aliphatic heterocycles. The molecule has 8 nitrogen and oxygen atoms in total. The largest absolute Gasteiger partial charge is 0.372 e. The molecule has 0 N–H and O–H groups in total. The van der Waals surface area contributed by atoms with Crippen molar-refractivity contribution in [3.63, 3.8) is 0 Å². The van der Waals surface area contributed by atoms with Crippen LogP contribution >= 0.6 is 0 Å². The number of benzene rings is 4. The van der Waals surface area contributed by atoms with Crippen molar-refractivity contribution in [2.75, 3.05) is 36.0 Å². The van der Waals surface area contributed by atoms with Crippen molar-refractivity contribution in [2.45, 2.75) is 41.5 Å². The summed E-state index contributed by atoms with van der Waals surface area (Å²) in [5.74, 6) is 0. The van der Waals surface area contributed by atoms with Crippen LogP contribution in [0.1, 0.15) is 38.8 Å².